The molecule has 0 spiro atoms. The number of hydrogen-bond donors (Lipinski definition) is 1. The molecule has 1 aliphatic heterocycles. The fraction of sp³-hybridized carbons (Fsp3) is 0.273. The third kappa shape index (κ3) is 3.37. The van der Waals surface area contributed by atoms with E-state index in [1.807, 2.05) is 74.4 Å². The number of rotatable bonds is 4. The van der Waals surface area contributed by atoms with Crippen molar-refractivity contribution < 1.29 is 9.48 Å². The van der Waals surface area contributed by atoms with E-state index in [-0.39, 0.29) is 11.5 Å². The average molecular weight is 423 g/mol. The number of carbonyl (C=O) groups is 1. The molecule has 0 aliphatic carbocycles. The number of para-hydroxylation sites is 1. The Morgan fingerprint density at radius 2 is 1.90 bits per heavy atom. The number of nitrogens with zero attached hydrogens (tertiary/aromatic N) is 4. The van der Waals surface area contributed by atoms with E-state index in [1.165, 1.54) is 11.8 Å². The van der Waals surface area contributed by atoms with Crippen molar-refractivity contribution in [3.8, 4) is 11.3 Å². The fourth-order valence-corrected chi connectivity index (χ4v) is 4.34. The zero-order valence-corrected chi connectivity index (χ0v) is 18.2. The van der Waals surface area contributed by atoms with E-state index in [1.54, 1.807) is 16.5 Å². The molecule has 0 saturated heterocycles. The summed E-state index contributed by atoms with van der Waals surface area (Å²) in [7, 11) is 3.96. The summed E-state index contributed by atoms with van der Waals surface area (Å²) in [5.41, 5.74) is 3.56. The lowest BCUT2D eigenvalue weighted by Crippen LogP contribution is -2.60. The zero-order chi connectivity index (χ0) is 21.4. The third-order valence-corrected chi connectivity index (χ3v) is 5.83. The molecule has 1 N–H and O–H groups in total. The van der Waals surface area contributed by atoms with E-state index in [0.717, 1.165) is 17.0 Å². The van der Waals surface area contributed by atoms with Crippen LogP contribution in [0.25, 0.3) is 11.3 Å². The number of fused-ring (bicyclic) bond motifs is 3. The van der Waals surface area contributed by atoms with Crippen LogP contribution < -0.4 is 20.0 Å². The lowest BCUT2D eigenvalue weighted by atomic mass is 10.0. The molecule has 1 aromatic heterocycles. The van der Waals surface area contributed by atoms with Crippen molar-refractivity contribution in [1.82, 2.24) is 10.1 Å². The van der Waals surface area contributed by atoms with Crippen LogP contribution in [0.5, 0.6) is 0 Å². The number of amides is 1. The first-order valence-corrected chi connectivity index (χ1v) is 10.8. The van der Waals surface area contributed by atoms with Gasteiger partial charge in [0.05, 0.1) is 11.3 Å². The van der Waals surface area contributed by atoms with Crippen LogP contribution in [0.3, 0.4) is 0 Å². The van der Waals surface area contributed by atoms with Crippen LogP contribution in [0, 0.1) is 0 Å². The molecule has 30 heavy (non-hydrogen) atoms. The predicted molar refractivity (Wildman–Crippen MR) is 119 cm³/mol. The standard InChI is InChI=1S/C22H23N5O2S/c1-5-30-22-23-20(29)19-17-8-6-7-9-18(17)26(14(2)28)21(27(19)24-22)15-10-12-16(13-11-15)25(3)4/h6-13,21H,5H2,1-4H3/p+1. The monoisotopic (exact) mass is 422 g/mol. The number of benzene rings is 2. The molecule has 8 heteroatoms. The van der Waals surface area contributed by atoms with Gasteiger partial charge in [0.15, 0.2) is 0 Å². The van der Waals surface area contributed by atoms with Gasteiger partial charge in [0, 0.05) is 37.4 Å². The van der Waals surface area contributed by atoms with Gasteiger partial charge < -0.3 is 4.90 Å². The second kappa shape index (κ2) is 7.95. The Morgan fingerprint density at radius 3 is 2.53 bits per heavy atom. The van der Waals surface area contributed by atoms with Gasteiger partial charge in [-0.25, -0.2) is 4.90 Å². The van der Waals surface area contributed by atoms with Gasteiger partial charge >= 0.3 is 11.3 Å². The van der Waals surface area contributed by atoms with Crippen LogP contribution in [-0.4, -0.2) is 35.8 Å². The minimum Gasteiger partial charge on any atom is -0.378 e. The minimum atomic E-state index is -0.554. The first-order valence-electron chi connectivity index (χ1n) is 9.77. The Balaban J connectivity index is 2.01. The SMILES string of the molecule is CCSc1n[n+]2c(c(=O)[nH]1)-c1ccccc1N(C(C)=O)C2c1ccc(N(C)C)cc1. The average Bonchev–Trinajstić information content (AvgIpc) is 2.72. The van der Waals surface area contributed by atoms with Crippen LogP contribution in [0.2, 0.25) is 0 Å². The highest BCUT2D eigenvalue weighted by Crippen LogP contribution is 2.37. The van der Waals surface area contributed by atoms with E-state index in [2.05, 4.69) is 4.98 Å². The highest BCUT2D eigenvalue weighted by atomic mass is 32.2. The number of aromatic nitrogens is 3. The number of anilines is 2. The summed E-state index contributed by atoms with van der Waals surface area (Å²) in [6.07, 6.45) is -0.554. The van der Waals surface area contributed by atoms with Crippen molar-refractivity contribution in [2.24, 2.45) is 0 Å². The van der Waals surface area contributed by atoms with Crippen LogP contribution >= 0.6 is 11.8 Å². The summed E-state index contributed by atoms with van der Waals surface area (Å²) >= 11 is 1.46. The molecule has 1 atom stereocenters. The fourth-order valence-electron chi connectivity index (χ4n) is 3.76. The van der Waals surface area contributed by atoms with E-state index in [4.69, 9.17) is 5.10 Å². The third-order valence-electron chi connectivity index (χ3n) is 5.09. The topological polar surface area (TPSA) is 73.2 Å². The zero-order valence-electron chi connectivity index (χ0n) is 17.4. The lowest BCUT2D eigenvalue weighted by molar-refractivity contribution is -0.763. The van der Waals surface area contributed by atoms with Crippen molar-refractivity contribution in [2.75, 3.05) is 29.6 Å². The van der Waals surface area contributed by atoms with E-state index < -0.39 is 6.17 Å². The van der Waals surface area contributed by atoms with Crippen LogP contribution in [0.15, 0.2) is 58.5 Å². The van der Waals surface area contributed by atoms with Crippen molar-refractivity contribution in [3.05, 3.63) is 64.4 Å². The lowest BCUT2D eigenvalue weighted by Gasteiger charge is -2.31. The van der Waals surface area contributed by atoms with Crippen molar-refractivity contribution in [3.63, 3.8) is 0 Å². The van der Waals surface area contributed by atoms with E-state index >= 15 is 0 Å². The normalized spacial score (nSPS) is 14.8. The highest BCUT2D eigenvalue weighted by Gasteiger charge is 2.44. The molecule has 0 saturated carbocycles. The van der Waals surface area contributed by atoms with Crippen molar-refractivity contribution in [2.45, 2.75) is 25.2 Å². The van der Waals surface area contributed by atoms with Gasteiger partial charge in [-0.15, -0.1) is 0 Å². The van der Waals surface area contributed by atoms with Gasteiger partial charge in [0.25, 0.3) is 6.17 Å². The summed E-state index contributed by atoms with van der Waals surface area (Å²) in [4.78, 5) is 32.5. The van der Waals surface area contributed by atoms with Crippen LogP contribution in [0.4, 0.5) is 11.4 Å². The number of hydrogen-bond acceptors (Lipinski definition) is 5. The van der Waals surface area contributed by atoms with Gasteiger partial charge in [-0.3, -0.25) is 14.6 Å². The molecule has 2 aromatic carbocycles. The number of nitrogens with one attached hydrogen (secondary N) is 1. The number of H-pyrrole nitrogens is 1. The summed E-state index contributed by atoms with van der Waals surface area (Å²) < 4.78 is 1.69. The predicted octanol–water partition coefficient (Wildman–Crippen LogP) is 2.82. The highest BCUT2D eigenvalue weighted by molar-refractivity contribution is 7.99. The Bertz CT molecular complexity index is 1160. The van der Waals surface area contributed by atoms with Gasteiger partial charge in [-0.1, -0.05) is 30.8 Å². The van der Waals surface area contributed by atoms with Gasteiger partial charge in [-0.2, -0.15) is 0 Å². The number of carbonyl (C=O) groups excluding carboxylic acids is 1. The maximum Gasteiger partial charge on any atom is 0.325 e. The minimum absolute atomic E-state index is 0.117. The van der Waals surface area contributed by atoms with Gasteiger partial charge in [-0.05, 0) is 46.8 Å². The Labute approximate surface area is 179 Å². The molecule has 0 bridgehead atoms. The molecule has 4 rings (SSSR count). The molecular formula is C22H24N5O2S+. The summed E-state index contributed by atoms with van der Waals surface area (Å²) in [5, 5.41) is 5.26. The molecular weight excluding hydrogens is 398 g/mol. The molecule has 3 aromatic rings. The maximum atomic E-state index is 13.1. The van der Waals surface area contributed by atoms with Crippen LogP contribution in [0.1, 0.15) is 25.6 Å². The maximum absolute atomic E-state index is 13.1. The Morgan fingerprint density at radius 1 is 1.20 bits per heavy atom. The summed E-state index contributed by atoms with van der Waals surface area (Å²) in [6.45, 7) is 3.54. The van der Waals surface area contributed by atoms with Gasteiger partial charge in [0.2, 0.25) is 11.1 Å². The second-order valence-corrected chi connectivity index (χ2v) is 8.50. The molecule has 0 fully saturated rings. The molecule has 154 valence electrons. The molecule has 7 nitrogen and oxygen atoms in total. The van der Waals surface area contributed by atoms with Crippen molar-refractivity contribution >= 4 is 29.0 Å². The van der Waals surface area contributed by atoms with E-state index in [9.17, 15) is 9.59 Å². The largest absolute Gasteiger partial charge is 0.378 e. The number of thioether (sulfide) groups is 1. The van der Waals surface area contributed by atoms with E-state index in [0.29, 0.717) is 22.1 Å². The summed E-state index contributed by atoms with van der Waals surface area (Å²) in [5.74, 6) is 0.659. The Hall–Kier alpha value is -3.13. The molecule has 0 radical (unpaired) electrons. The Kier molecular flexibility index (Phi) is 5.34. The molecule has 1 unspecified atom stereocenters. The second-order valence-electron chi connectivity index (χ2n) is 7.25. The molecule has 1 amide bonds. The first-order chi connectivity index (χ1) is 14.4. The van der Waals surface area contributed by atoms with Crippen LogP contribution in [-0.2, 0) is 4.79 Å². The molecule has 2 heterocycles. The first kappa shape index (κ1) is 20.2. The summed E-state index contributed by atoms with van der Waals surface area (Å²) in [6, 6.07) is 15.4. The van der Waals surface area contributed by atoms with Crippen molar-refractivity contribution in [1.29, 1.82) is 0 Å². The quantitative estimate of drug-likeness (QED) is 0.517. The smallest absolute Gasteiger partial charge is 0.325 e. The van der Waals surface area contributed by atoms with Gasteiger partial charge in [0.1, 0.15) is 0 Å². The molecule has 1 aliphatic rings. The number of aromatic amines is 1.